The lowest BCUT2D eigenvalue weighted by molar-refractivity contribution is 0.102. The molecule has 2 aromatic carbocycles. The van der Waals surface area contributed by atoms with Crippen LogP contribution in [0.4, 0.5) is 5.69 Å². The standard InChI is InChI=1S/C22H20N6O2S/c1-2-30-18-11-9-16(10-12-18)25-21(29)20-19(15-31-22-23-13-6-14-24-22)28(27-26-20)17-7-4-3-5-8-17/h3-14H,2,15H2,1H3,(H,25,29). The Morgan fingerprint density at radius 3 is 2.48 bits per heavy atom. The van der Waals surface area contributed by atoms with E-state index in [1.807, 2.05) is 49.4 Å². The fraction of sp³-hybridized carbons (Fsp3) is 0.136. The minimum atomic E-state index is -0.337. The number of para-hydroxylation sites is 1. The molecule has 1 N–H and O–H groups in total. The molecule has 8 nitrogen and oxygen atoms in total. The maximum Gasteiger partial charge on any atom is 0.278 e. The lowest BCUT2D eigenvalue weighted by Gasteiger charge is -2.09. The van der Waals surface area contributed by atoms with Gasteiger partial charge >= 0.3 is 0 Å². The Morgan fingerprint density at radius 2 is 1.77 bits per heavy atom. The molecule has 9 heteroatoms. The molecule has 4 rings (SSSR count). The minimum absolute atomic E-state index is 0.251. The van der Waals surface area contributed by atoms with Gasteiger partial charge in [-0.05, 0) is 49.4 Å². The predicted octanol–water partition coefficient (Wildman–Crippen LogP) is 4.00. The maximum atomic E-state index is 13.0. The van der Waals surface area contributed by atoms with E-state index in [1.54, 1.807) is 35.3 Å². The molecule has 0 unspecified atom stereocenters. The number of anilines is 1. The Morgan fingerprint density at radius 1 is 1.03 bits per heavy atom. The second-order valence-electron chi connectivity index (χ2n) is 6.36. The zero-order valence-corrected chi connectivity index (χ0v) is 17.6. The third-order valence-corrected chi connectivity index (χ3v) is 5.17. The largest absolute Gasteiger partial charge is 0.494 e. The summed E-state index contributed by atoms with van der Waals surface area (Å²) in [7, 11) is 0. The van der Waals surface area contributed by atoms with E-state index in [9.17, 15) is 4.79 Å². The molecule has 0 aliphatic carbocycles. The lowest BCUT2D eigenvalue weighted by atomic mass is 10.2. The van der Waals surface area contributed by atoms with Gasteiger partial charge in [0.1, 0.15) is 5.75 Å². The first-order chi connectivity index (χ1) is 15.2. The van der Waals surface area contributed by atoms with Crippen molar-refractivity contribution in [1.82, 2.24) is 25.0 Å². The SMILES string of the molecule is CCOc1ccc(NC(=O)c2nnn(-c3ccccc3)c2CSc2ncccn2)cc1. The molecule has 0 spiro atoms. The van der Waals surface area contributed by atoms with E-state index in [2.05, 4.69) is 25.6 Å². The number of benzene rings is 2. The number of aromatic nitrogens is 5. The summed E-state index contributed by atoms with van der Waals surface area (Å²) >= 11 is 1.41. The molecular weight excluding hydrogens is 412 g/mol. The number of hydrogen-bond acceptors (Lipinski definition) is 7. The Kier molecular flexibility index (Phi) is 6.53. The van der Waals surface area contributed by atoms with Crippen LogP contribution in [0.25, 0.3) is 5.69 Å². The number of amides is 1. The van der Waals surface area contributed by atoms with Crippen molar-refractivity contribution in [3.05, 3.63) is 84.4 Å². The summed E-state index contributed by atoms with van der Waals surface area (Å²) in [5.74, 6) is 0.837. The number of nitrogens with one attached hydrogen (secondary N) is 1. The molecule has 156 valence electrons. The third-order valence-electron chi connectivity index (χ3n) is 4.28. The lowest BCUT2D eigenvalue weighted by Crippen LogP contribution is -2.15. The summed E-state index contributed by atoms with van der Waals surface area (Å²) in [6.07, 6.45) is 3.36. The van der Waals surface area contributed by atoms with Gasteiger partial charge < -0.3 is 10.1 Å². The smallest absolute Gasteiger partial charge is 0.278 e. The van der Waals surface area contributed by atoms with Crippen LogP contribution in [-0.2, 0) is 5.75 Å². The fourth-order valence-corrected chi connectivity index (χ4v) is 3.66. The highest BCUT2D eigenvalue weighted by Crippen LogP contribution is 2.24. The van der Waals surface area contributed by atoms with Crippen molar-refractivity contribution in [2.45, 2.75) is 17.8 Å². The first-order valence-corrected chi connectivity index (χ1v) is 10.7. The molecule has 4 aromatic rings. The van der Waals surface area contributed by atoms with E-state index in [1.165, 1.54) is 11.8 Å². The number of nitrogens with zero attached hydrogens (tertiary/aromatic N) is 5. The van der Waals surface area contributed by atoms with Gasteiger partial charge in [-0.25, -0.2) is 14.6 Å². The summed E-state index contributed by atoms with van der Waals surface area (Å²) in [5, 5.41) is 11.9. The Hall–Kier alpha value is -3.72. The van der Waals surface area contributed by atoms with Gasteiger partial charge in [-0.15, -0.1) is 5.10 Å². The van der Waals surface area contributed by atoms with Crippen LogP contribution in [0.3, 0.4) is 0 Å². The van der Waals surface area contributed by atoms with E-state index < -0.39 is 0 Å². The average Bonchev–Trinajstić information content (AvgIpc) is 3.24. The van der Waals surface area contributed by atoms with Gasteiger partial charge in [-0.2, -0.15) is 0 Å². The van der Waals surface area contributed by atoms with Gasteiger partial charge in [0.25, 0.3) is 5.91 Å². The number of ether oxygens (including phenoxy) is 1. The molecule has 0 bridgehead atoms. The first kappa shape index (κ1) is 20.5. The molecule has 0 atom stereocenters. The maximum absolute atomic E-state index is 13.0. The number of carbonyl (C=O) groups is 1. The van der Waals surface area contributed by atoms with Gasteiger partial charge in [0, 0.05) is 23.8 Å². The monoisotopic (exact) mass is 432 g/mol. The molecule has 0 aliphatic rings. The van der Waals surface area contributed by atoms with E-state index >= 15 is 0 Å². The minimum Gasteiger partial charge on any atom is -0.494 e. The average molecular weight is 433 g/mol. The van der Waals surface area contributed by atoms with Crippen molar-refractivity contribution in [3.63, 3.8) is 0 Å². The van der Waals surface area contributed by atoms with Crippen LogP contribution < -0.4 is 10.1 Å². The number of rotatable bonds is 8. The van der Waals surface area contributed by atoms with E-state index in [-0.39, 0.29) is 11.6 Å². The Labute approximate surface area is 183 Å². The topological polar surface area (TPSA) is 94.8 Å². The third kappa shape index (κ3) is 5.07. The van der Waals surface area contributed by atoms with E-state index in [4.69, 9.17) is 4.74 Å². The van der Waals surface area contributed by atoms with Gasteiger partial charge in [0.15, 0.2) is 10.9 Å². The van der Waals surface area contributed by atoms with Crippen LogP contribution in [0.5, 0.6) is 5.75 Å². The summed E-state index contributed by atoms with van der Waals surface area (Å²) in [6, 6.07) is 18.5. The van der Waals surface area contributed by atoms with Crippen molar-refractivity contribution in [2.75, 3.05) is 11.9 Å². The molecule has 0 radical (unpaired) electrons. The van der Waals surface area contributed by atoms with Crippen LogP contribution in [0.2, 0.25) is 0 Å². The molecule has 0 aliphatic heterocycles. The Bertz CT molecular complexity index is 1130. The molecule has 0 saturated heterocycles. The summed E-state index contributed by atoms with van der Waals surface area (Å²) in [5.41, 5.74) is 2.38. The normalized spacial score (nSPS) is 10.6. The molecule has 0 saturated carbocycles. The van der Waals surface area contributed by atoms with Gasteiger partial charge in [0.2, 0.25) is 0 Å². The summed E-state index contributed by atoms with van der Waals surface area (Å²) < 4.78 is 7.11. The van der Waals surface area contributed by atoms with Crippen molar-refractivity contribution in [3.8, 4) is 11.4 Å². The zero-order chi connectivity index (χ0) is 21.5. The number of hydrogen-bond donors (Lipinski definition) is 1. The van der Waals surface area contributed by atoms with Crippen molar-refractivity contribution in [1.29, 1.82) is 0 Å². The van der Waals surface area contributed by atoms with Gasteiger partial charge in [-0.1, -0.05) is 35.2 Å². The van der Waals surface area contributed by atoms with E-state index in [0.717, 1.165) is 11.4 Å². The second kappa shape index (κ2) is 9.86. The van der Waals surface area contributed by atoms with Crippen LogP contribution >= 0.6 is 11.8 Å². The highest BCUT2D eigenvalue weighted by atomic mass is 32.2. The van der Waals surface area contributed by atoms with E-state index in [0.29, 0.717) is 28.9 Å². The first-order valence-electron chi connectivity index (χ1n) is 9.68. The molecular formula is C22H20N6O2S. The molecule has 31 heavy (non-hydrogen) atoms. The van der Waals surface area contributed by atoms with Crippen LogP contribution in [0.15, 0.2) is 78.2 Å². The molecule has 2 aromatic heterocycles. The summed E-state index contributed by atoms with van der Waals surface area (Å²) in [4.78, 5) is 21.5. The predicted molar refractivity (Wildman–Crippen MR) is 119 cm³/mol. The molecule has 2 heterocycles. The molecule has 0 fully saturated rings. The van der Waals surface area contributed by atoms with Gasteiger partial charge in [0.05, 0.1) is 18.0 Å². The van der Waals surface area contributed by atoms with Crippen LogP contribution in [0.1, 0.15) is 23.1 Å². The van der Waals surface area contributed by atoms with Crippen molar-refractivity contribution in [2.24, 2.45) is 0 Å². The summed E-state index contributed by atoms with van der Waals surface area (Å²) in [6.45, 7) is 2.51. The Balaban J connectivity index is 1.59. The fourth-order valence-electron chi connectivity index (χ4n) is 2.87. The molecule has 1 amide bonds. The van der Waals surface area contributed by atoms with Crippen LogP contribution in [-0.4, -0.2) is 37.5 Å². The van der Waals surface area contributed by atoms with Gasteiger partial charge in [-0.3, -0.25) is 4.79 Å². The number of carbonyl (C=O) groups excluding carboxylic acids is 1. The zero-order valence-electron chi connectivity index (χ0n) is 16.8. The number of thioether (sulfide) groups is 1. The van der Waals surface area contributed by atoms with Crippen LogP contribution in [0, 0.1) is 0 Å². The van der Waals surface area contributed by atoms with Crippen molar-refractivity contribution >= 4 is 23.4 Å². The second-order valence-corrected chi connectivity index (χ2v) is 7.31. The van der Waals surface area contributed by atoms with Crippen molar-refractivity contribution < 1.29 is 9.53 Å². The highest BCUT2D eigenvalue weighted by Gasteiger charge is 2.21. The highest BCUT2D eigenvalue weighted by molar-refractivity contribution is 7.98. The quantitative estimate of drug-likeness (QED) is 0.332.